The van der Waals surface area contributed by atoms with E-state index in [0.29, 0.717) is 6.54 Å². The van der Waals surface area contributed by atoms with Crippen LogP contribution < -0.4 is 5.32 Å². The first-order valence-electron chi connectivity index (χ1n) is 5.97. The fraction of sp³-hybridized carbons (Fsp3) is 0.917. The van der Waals surface area contributed by atoms with Gasteiger partial charge in [0.05, 0.1) is 5.60 Å². The summed E-state index contributed by atoms with van der Waals surface area (Å²) in [5, 5.41) is 11.4. The number of rotatable bonds is 8. The Balaban J connectivity index is 3.31. The molecule has 4 heteroatoms. The maximum Gasteiger partial charge on any atom is 0.246 e. The number of amides is 1. The molecule has 0 fully saturated rings. The van der Waals surface area contributed by atoms with E-state index in [1.807, 2.05) is 20.8 Å². The molecule has 4 nitrogen and oxygen atoms in total. The maximum atomic E-state index is 11.3. The van der Waals surface area contributed by atoms with Crippen molar-refractivity contribution in [2.24, 2.45) is 0 Å². The van der Waals surface area contributed by atoms with Crippen molar-refractivity contribution in [3.05, 3.63) is 0 Å². The Labute approximate surface area is 98.4 Å². The quantitative estimate of drug-likeness (QED) is 0.622. The van der Waals surface area contributed by atoms with Gasteiger partial charge in [0.2, 0.25) is 5.91 Å². The Hall–Kier alpha value is -0.610. The smallest absolute Gasteiger partial charge is 0.246 e. The number of aliphatic hydroxyl groups is 1. The van der Waals surface area contributed by atoms with Crippen molar-refractivity contribution >= 4 is 5.91 Å². The van der Waals surface area contributed by atoms with Crippen LogP contribution in [0.2, 0.25) is 0 Å². The Morgan fingerprint density at radius 3 is 2.38 bits per heavy atom. The number of carbonyl (C=O) groups is 1. The van der Waals surface area contributed by atoms with Gasteiger partial charge in [-0.3, -0.25) is 4.79 Å². The highest BCUT2D eigenvalue weighted by Gasteiger charge is 2.12. The SMILES string of the molecule is CC(C)(C)OCC(=O)NCCCCCCO. The minimum Gasteiger partial charge on any atom is -0.396 e. The van der Waals surface area contributed by atoms with Gasteiger partial charge in [-0.05, 0) is 33.6 Å². The van der Waals surface area contributed by atoms with Crippen LogP contribution in [-0.2, 0) is 9.53 Å². The van der Waals surface area contributed by atoms with Gasteiger partial charge in [-0.25, -0.2) is 0 Å². The topological polar surface area (TPSA) is 58.6 Å². The average molecular weight is 231 g/mol. The molecule has 0 aliphatic rings. The van der Waals surface area contributed by atoms with Gasteiger partial charge >= 0.3 is 0 Å². The van der Waals surface area contributed by atoms with Crippen LogP contribution in [0, 0.1) is 0 Å². The molecule has 0 aromatic carbocycles. The molecule has 0 aliphatic heterocycles. The molecule has 96 valence electrons. The van der Waals surface area contributed by atoms with Crippen molar-refractivity contribution in [2.45, 2.75) is 52.1 Å². The molecule has 0 spiro atoms. The van der Waals surface area contributed by atoms with Crippen LogP contribution in [0.3, 0.4) is 0 Å². The zero-order valence-corrected chi connectivity index (χ0v) is 10.7. The number of carbonyl (C=O) groups excluding carboxylic acids is 1. The first kappa shape index (κ1) is 15.4. The Morgan fingerprint density at radius 1 is 1.19 bits per heavy atom. The van der Waals surface area contributed by atoms with Gasteiger partial charge in [0.1, 0.15) is 6.61 Å². The van der Waals surface area contributed by atoms with Crippen molar-refractivity contribution in [1.29, 1.82) is 0 Å². The van der Waals surface area contributed by atoms with Crippen LogP contribution in [0.4, 0.5) is 0 Å². The van der Waals surface area contributed by atoms with E-state index in [4.69, 9.17) is 9.84 Å². The molecular formula is C12H25NO3. The summed E-state index contributed by atoms with van der Waals surface area (Å²) in [5.41, 5.74) is -0.265. The van der Waals surface area contributed by atoms with Crippen LogP contribution >= 0.6 is 0 Å². The van der Waals surface area contributed by atoms with Crippen molar-refractivity contribution in [3.8, 4) is 0 Å². The van der Waals surface area contributed by atoms with E-state index in [1.165, 1.54) is 0 Å². The van der Waals surface area contributed by atoms with Gasteiger partial charge in [-0.15, -0.1) is 0 Å². The molecule has 0 bridgehead atoms. The summed E-state index contributed by atoms with van der Waals surface area (Å²) in [4.78, 5) is 11.3. The number of unbranched alkanes of at least 4 members (excludes halogenated alkanes) is 3. The number of nitrogens with one attached hydrogen (secondary N) is 1. The highest BCUT2D eigenvalue weighted by Crippen LogP contribution is 2.05. The second kappa shape index (κ2) is 8.53. The summed E-state index contributed by atoms with van der Waals surface area (Å²) in [6.07, 6.45) is 3.87. The molecular weight excluding hydrogens is 206 g/mol. The molecule has 2 N–H and O–H groups in total. The largest absolute Gasteiger partial charge is 0.396 e. The highest BCUT2D eigenvalue weighted by atomic mass is 16.5. The normalized spacial score (nSPS) is 11.5. The van der Waals surface area contributed by atoms with Crippen molar-refractivity contribution in [2.75, 3.05) is 19.8 Å². The zero-order valence-electron chi connectivity index (χ0n) is 10.7. The predicted molar refractivity (Wildman–Crippen MR) is 64.3 cm³/mol. The minimum atomic E-state index is -0.265. The number of ether oxygens (including phenoxy) is 1. The lowest BCUT2D eigenvalue weighted by atomic mass is 10.2. The average Bonchev–Trinajstić information content (AvgIpc) is 2.19. The Kier molecular flexibility index (Phi) is 8.21. The second-order valence-electron chi connectivity index (χ2n) is 4.89. The monoisotopic (exact) mass is 231 g/mol. The molecule has 0 aromatic rings. The van der Waals surface area contributed by atoms with Crippen LogP contribution in [0.5, 0.6) is 0 Å². The second-order valence-corrected chi connectivity index (χ2v) is 4.89. The first-order chi connectivity index (χ1) is 7.45. The lowest BCUT2D eigenvalue weighted by Crippen LogP contribution is -2.32. The highest BCUT2D eigenvalue weighted by molar-refractivity contribution is 5.77. The third-order valence-electron chi connectivity index (χ3n) is 2.04. The lowest BCUT2D eigenvalue weighted by Gasteiger charge is -2.18. The third kappa shape index (κ3) is 11.5. The molecule has 0 heterocycles. The van der Waals surface area contributed by atoms with Gasteiger partial charge in [-0.2, -0.15) is 0 Å². The van der Waals surface area contributed by atoms with Gasteiger partial charge in [0, 0.05) is 13.2 Å². The summed E-state index contributed by atoms with van der Waals surface area (Å²) >= 11 is 0. The fourth-order valence-electron chi connectivity index (χ4n) is 1.15. The van der Waals surface area contributed by atoms with Crippen molar-refractivity contribution in [1.82, 2.24) is 5.32 Å². The molecule has 0 aromatic heterocycles. The van der Waals surface area contributed by atoms with E-state index in [0.717, 1.165) is 25.7 Å². The van der Waals surface area contributed by atoms with E-state index in [9.17, 15) is 4.79 Å². The molecule has 16 heavy (non-hydrogen) atoms. The first-order valence-corrected chi connectivity index (χ1v) is 5.97. The Morgan fingerprint density at radius 2 is 1.81 bits per heavy atom. The van der Waals surface area contributed by atoms with E-state index in [-0.39, 0.29) is 24.7 Å². The summed E-state index contributed by atoms with van der Waals surface area (Å²) < 4.78 is 5.34. The van der Waals surface area contributed by atoms with E-state index in [1.54, 1.807) is 0 Å². The minimum absolute atomic E-state index is 0.0583. The van der Waals surface area contributed by atoms with E-state index in [2.05, 4.69) is 5.32 Å². The predicted octanol–water partition coefficient (Wildman–Crippen LogP) is 1.47. The summed E-state index contributed by atoms with van der Waals surface area (Å²) in [5.74, 6) is -0.0583. The van der Waals surface area contributed by atoms with E-state index < -0.39 is 0 Å². The molecule has 0 saturated carbocycles. The van der Waals surface area contributed by atoms with Crippen LogP contribution in [-0.4, -0.2) is 36.4 Å². The van der Waals surface area contributed by atoms with Crippen molar-refractivity contribution < 1.29 is 14.6 Å². The molecule has 0 saturated heterocycles. The standard InChI is InChI=1S/C12H25NO3/c1-12(2,3)16-10-11(15)13-8-6-4-5-7-9-14/h14H,4-10H2,1-3H3,(H,13,15). The third-order valence-corrected chi connectivity index (χ3v) is 2.04. The number of hydrogen-bond acceptors (Lipinski definition) is 3. The number of hydrogen-bond donors (Lipinski definition) is 2. The number of aliphatic hydroxyl groups excluding tert-OH is 1. The van der Waals surface area contributed by atoms with Crippen LogP contribution in [0.15, 0.2) is 0 Å². The molecule has 0 unspecified atom stereocenters. The summed E-state index contributed by atoms with van der Waals surface area (Å²) in [7, 11) is 0. The van der Waals surface area contributed by atoms with Crippen molar-refractivity contribution in [3.63, 3.8) is 0 Å². The van der Waals surface area contributed by atoms with Gasteiger partial charge in [0.25, 0.3) is 0 Å². The van der Waals surface area contributed by atoms with Gasteiger partial charge < -0.3 is 15.2 Å². The zero-order chi connectivity index (χ0) is 12.4. The molecule has 0 rings (SSSR count). The lowest BCUT2D eigenvalue weighted by molar-refractivity contribution is -0.130. The molecule has 0 radical (unpaired) electrons. The van der Waals surface area contributed by atoms with Crippen LogP contribution in [0.25, 0.3) is 0 Å². The van der Waals surface area contributed by atoms with Gasteiger partial charge in [-0.1, -0.05) is 12.8 Å². The molecule has 0 aliphatic carbocycles. The molecule has 0 atom stereocenters. The van der Waals surface area contributed by atoms with Gasteiger partial charge in [0.15, 0.2) is 0 Å². The summed E-state index contributed by atoms with van der Waals surface area (Å²) in [6, 6.07) is 0. The Bertz CT molecular complexity index is 187. The van der Waals surface area contributed by atoms with Crippen LogP contribution in [0.1, 0.15) is 46.5 Å². The maximum absolute atomic E-state index is 11.3. The van der Waals surface area contributed by atoms with E-state index >= 15 is 0 Å². The fourth-order valence-corrected chi connectivity index (χ4v) is 1.15. The summed E-state index contributed by atoms with van der Waals surface area (Å²) in [6.45, 7) is 6.85. The molecule has 1 amide bonds.